The van der Waals surface area contributed by atoms with Crippen molar-refractivity contribution >= 4 is 39.1 Å². The highest BCUT2D eigenvalue weighted by molar-refractivity contribution is 7.92. The van der Waals surface area contributed by atoms with E-state index in [1.54, 1.807) is 24.1 Å². The zero-order valence-corrected chi connectivity index (χ0v) is 25.0. The number of sulfonamides is 1. The lowest BCUT2D eigenvalue weighted by Gasteiger charge is -2.31. The number of benzene rings is 2. The van der Waals surface area contributed by atoms with Crippen LogP contribution in [0.15, 0.2) is 42.5 Å². The van der Waals surface area contributed by atoms with Crippen molar-refractivity contribution < 1.29 is 27.5 Å². The summed E-state index contributed by atoms with van der Waals surface area (Å²) >= 11 is 6.22. The molecule has 2 rings (SSSR count). The van der Waals surface area contributed by atoms with E-state index in [0.717, 1.165) is 24.7 Å². The molecule has 216 valence electrons. The monoisotopic (exact) mass is 581 g/mol. The van der Waals surface area contributed by atoms with Crippen molar-refractivity contribution in [2.45, 2.75) is 58.5 Å². The zero-order chi connectivity index (χ0) is 29.0. The van der Waals surface area contributed by atoms with Gasteiger partial charge in [0.15, 0.2) is 0 Å². The van der Waals surface area contributed by atoms with Crippen LogP contribution in [-0.2, 0) is 26.2 Å². The summed E-state index contributed by atoms with van der Waals surface area (Å²) < 4.78 is 36.8. The van der Waals surface area contributed by atoms with Crippen molar-refractivity contribution in [3.05, 3.63) is 53.1 Å². The molecule has 0 radical (unpaired) electrons. The molecule has 2 aromatic rings. The van der Waals surface area contributed by atoms with E-state index < -0.39 is 16.1 Å². The maximum Gasteiger partial charge on any atom is 0.242 e. The number of hydrogen-bond acceptors (Lipinski definition) is 6. The van der Waals surface area contributed by atoms with Crippen LogP contribution in [0.5, 0.6) is 11.5 Å². The first kappa shape index (κ1) is 32.2. The van der Waals surface area contributed by atoms with Crippen LogP contribution < -0.4 is 19.1 Å². The molecule has 0 aliphatic carbocycles. The van der Waals surface area contributed by atoms with Crippen LogP contribution in [-0.4, -0.2) is 64.7 Å². The number of nitrogens with one attached hydrogen (secondary N) is 1. The van der Waals surface area contributed by atoms with E-state index in [1.807, 2.05) is 38.1 Å². The summed E-state index contributed by atoms with van der Waals surface area (Å²) in [6.07, 6.45) is 3.64. The normalized spacial score (nSPS) is 11.9. The second-order valence-corrected chi connectivity index (χ2v) is 11.5. The molecule has 1 N–H and O–H groups in total. The van der Waals surface area contributed by atoms with Crippen molar-refractivity contribution in [2.24, 2.45) is 0 Å². The number of rotatable bonds is 16. The van der Waals surface area contributed by atoms with Gasteiger partial charge in [-0.05, 0) is 55.2 Å². The number of anilines is 1. The molecule has 0 fully saturated rings. The maximum absolute atomic E-state index is 13.6. The average Bonchev–Trinajstić information content (AvgIpc) is 2.90. The summed E-state index contributed by atoms with van der Waals surface area (Å²) in [4.78, 5) is 28.2. The Morgan fingerprint density at radius 3 is 2.38 bits per heavy atom. The largest absolute Gasteiger partial charge is 0.497 e. The number of ether oxygens (including phenoxy) is 2. The van der Waals surface area contributed by atoms with Crippen molar-refractivity contribution in [1.29, 1.82) is 0 Å². The minimum atomic E-state index is -3.65. The predicted octanol–water partition coefficient (Wildman–Crippen LogP) is 4.63. The van der Waals surface area contributed by atoms with Gasteiger partial charge in [0.1, 0.15) is 17.5 Å². The van der Waals surface area contributed by atoms with Crippen molar-refractivity contribution in [3.63, 3.8) is 0 Å². The molecular formula is C28H40ClN3O6S. The minimum absolute atomic E-state index is 0.0542. The first-order valence-electron chi connectivity index (χ1n) is 13.1. The van der Waals surface area contributed by atoms with Crippen LogP contribution in [0.25, 0.3) is 0 Å². The number of halogens is 1. The van der Waals surface area contributed by atoms with E-state index in [-0.39, 0.29) is 42.8 Å². The van der Waals surface area contributed by atoms with Gasteiger partial charge in [-0.15, -0.1) is 0 Å². The van der Waals surface area contributed by atoms with Gasteiger partial charge in [-0.3, -0.25) is 13.9 Å². The Kier molecular flexibility index (Phi) is 12.9. The Morgan fingerprint density at radius 2 is 1.79 bits per heavy atom. The van der Waals surface area contributed by atoms with Crippen molar-refractivity contribution in [3.8, 4) is 11.5 Å². The van der Waals surface area contributed by atoms with Gasteiger partial charge in [0.05, 0.1) is 31.2 Å². The maximum atomic E-state index is 13.6. The number of amides is 2. The molecule has 0 spiro atoms. The fourth-order valence-corrected chi connectivity index (χ4v) is 5.42. The van der Waals surface area contributed by atoms with Gasteiger partial charge in [0, 0.05) is 26.1 Å². The first-order chi connectivity index (χ1) is 18.5. The summed E-state index contributed by atoms with van der Waals surface area (Å²) in [6, 6.07) is 11.4. The average molecular weight is 582 g/mol. The van der Waals surface area contributed by atoms with Crippen LogP contribution in [0.2, 0.25) is 5.02 Å². The zero-order valence-electron chi connectivity index (χ0n) is 23.4. The number of carbonyl (C=O) groups excluding carboxylic acids is 2. The van der Waals surface area contributed by atoms with E-state index in [1.165, 1.54) is 17.5 Å². The lowest BCUT2D eigenvalue weighted by atomic mass is 10.1. The number of unbranched alkanes of at least 4 members (excludes halogenated alkanes) is 1. The Labute approximate surface area is 237 Å². The Bertz CT molecular complexity index is 1210. The fraction of sp³-hybridized carbons (Fsp3) is 0.500. The van der Waals surface area contributed by atoms with Crippen LogP contribution in [0.3, 0.4) is 0 Å². The molecule has 0 saturated heterocycles. The van der Waals surface area contributed by atoms with E-state index in [2.05, 4.69) is 5.32 Å². The Morgan fingerprint density at radius 1 is 1.05 bits per heavy atom. The molecule has 0 heterocycles. The quantitative estimate of drug-likeness (QED) is 0.290. The van der Waals surface area contributed by atoms with E-state index >= 15 is 0 Å². The highest BCUT2D eigenvalue weighted by Crippen LogP contribution is 2.30. The number of carbonyl (C=O) groups is 2. The summed E-state index contributed by atoms with van der Waals surface area (Å²) in [5.74, 6) is 0.645. The lowest BCUT2D eigenvalue weighted by Crippen LogP contribution is -2.49. The highest BCUT2D eigenvalue weighted by atomic mass is 35.5. The van der Waals surface area contributed by atoms with Crippen LogP contribution in [0, 0.1) is 0 Å². The van der Waals surface area contributed by atoms with E-state index in [9.17, 15) is 18.0 Å². The van der Waals surface area contributed by atoms with Crippen LogP contribution in [0.1, 0.15) is 51.5 Å². The van der Waals surface area contributed by atoms with E-state index in [4.69, 9.17) is 21.1 Å². The van der Waals surface area contributed by atoms with E-state index in [0.29, 0.717) is 30.2 Å². The summed E-state index contributed by atoms with van der Waals surface area (Å²) in [6.45, 7) is 4.75. The SMILES string of the molecule is CCCCNC(=O)[C@@H](CC)N(Cc1cccc(OC)c1)C(=O)CCCN(c1ccc(OC)c(Cl)c1)S(C)(=O)=O. The molecule has 9 nitrogen and oxygen atoms in total. The number of nitrogens with zero attached hydrogens (tertiary/aromatic N) is 2. The molecule has 2 aromatic carbocycles. The van der Waals surface area contributed by atoms with Gasteiger partial charge >= 0.3 is 0 Å². The molecule has 11 heteroatoms. The summed E-state index contributed by atoms with van der Waals surface area (Å²) in [5.41, 5.74) is 1.21. The summed E-state index contributed by atoms with van der Waals surface area (Å²) in [7, 11) is -0.596. The van der Waals surface area contributed by atoms with Gasteiger partial charge in [-0.1, -0.05) is 44.0 Å². The summed E-state index contributed by atoms with van der Waals surface area (Å²) in [5, 5.41) is 3.22. The molecule has 0 saturated carbocycles. The number of hydrogen-bond donors (Lipinski definition) is 1. The highest BCUT2D eigenvalue weighted by Gasteiger charge is 2.29. The predicted molar refractivity (Wildman–Crippen MR) is 155 cm³/mol. The van der Waals surface area contributed by atoms with Crippen molar-refractivity contribution in [2.75, 3.05) is 37.9 Å². The molecule has 39 heavy (non-hydrogen) atoms. The standard InChI is InChI=1S/C28H40ClN3O6S/c1-6-8-16-30-28(34)25(7-2)31(20-21-11-9-12-23(18-21)37-3)27(33)13-10-17-32(39(5,35)36)22-14-15-26(38-4)24(29)19-22/h9,11-12,14-15,18-19,25H,6-8,10,13,16-17,20H2,1-5H3,(H,30,34)/t25-/m1/s1. The molecule has 0 aromatic heterocycles. The van der Waals surface area contributed by atoms with Gasteiger partial charge in [-0.25, -0.2) is 8.42 Å². The fourth-order valence-electron chi connectivity index (χ4n) is 4.21. The molecule has 2 amide bonds. The molecule has 0 unspecified atom stereocenters. The Hall–Kier alpha value is -2.98. The second kappa shape index (κ2) is 15.6. The molecular weight excluding hydrogens is 542 g/mol. The third-order valence-electron chi connectivity index (χ3n) is 6.28. The number of methoxy groups -OCH3 is 2. The topological polar surface area (TPSA) is 105 Å². The van der Waals surface area contributed by atoms with Crippen LogP contribution in [0.4, 0.5) is 5.69 Å². The first-order valence-corrected chi connectivity index (χ1v) is 15.3. The molecule has 0 bridgehead atoms. The van der Waals surface area contributed by atoms with Gasteiger partial charge in [-0.2, -0.15) is 0 Å². The second-order valence-electron chi connectivity index (χ2n) is 9.20. The molecule has 0 aliphatic heterocycles. The third kappa shape index (κ3) is 9.61. The van der Waals surface area contributed by atoms with Gasteiger partial charge in [0.25, 0.3) is 0 Å². The lowest BCUT2D eigenvalue weighted by molar-refractivity contribution is -0.141. The van der Waals surface area contributed by atoms with Crippen LogP contribution >= 0.6 is 11.6 Å². The molecule has 1 atom stereocenters. The smallest absolute Gasteiger partial charge is 0.242 e. The van der Waals surface area contributed by atoms with Gasteiger partial charge < -0.3 is 19.7 Å². The Balaban J connectivity index is 2.24. The van der Waals surface area contributed by atoms with Gasteiger partial charge in [0.2, 0.25) is 21.8 Å². The third-order valence-corrected chi connectivity index (χ3v) is 7.77. The van der Waals surface area contributed by atoms with Crippen molar-refractivity contribution in [1.82, 2.24) is 10.2 Å². The molecule has 0 aliphatic rings. The minimum Gasteiger partial charge on any atom is -0.497 e.